The van der Waals surface area contributed by atoms with Gasteiger partial charge in [-0.3, -0.25) is 4.18 Å². The second-order valence-electron chi connectivity index (χ2n) is 2.55. The highest BCUT2D eigenvalue weighted by Gasteiger charge is 2.00. The van der Waals surface area contributed by atoms with E-state index in [2.05, 4.69) is 4.18 Å². The molecule has 0 aliphatic rings. The fourth-order valence-corrected chi connectivity index (χ4v) is 1.24. The van der Waals surface area contributed by atoms with E-state index in [-0.39, 0.29) is 5.75 Å². The molecule has 0 radical (unpaired) electrons. The maximum absolute atomic E-state index is 10.9. The molecule has 1 N–H and O–H groups in total. The van der Waals surface area contributed by atoms with Gasteiger partial charge in [0, 0.05) is 0 Å². The Hall–Kier alpha value is -1.33. The standard InChI is InChI=1S/C9H10O4S/c1-13-14(11,12)7-6-8-2-4-9(10)5-3-8/h2-7,10H,1H3. The van der Waals surface area contributed by atoms with Crippen molar-refractivity contribution in [2.24, 2.45) is 0 Å². The third-order valence-electron chi connectivity index (χ3n) is 1.55. The van der Waals surface area contributed by atoms with Gasteiger partial charge in [0.25, 0.3) is 10.1 Å². The highest BCUT2D eigenvalue weighted by atomic mass is 32.2. The minimum atomic E-state index is -3.57. The topological polar surface area (TPSA) is 63.6 Å². The van der Waals surface area contributed by atoms with E-state index in [4.69, 9.17) is 5.11 Å². The lowest BCUT2D eigenvalue weighted by Crippen LogP contribution is -1.95. The monoisotopic (exact) mass is 214 g/mol. The third kappa shape index (κ3) is 3.20. The van der Waals surface area contributed by atoms with Gasteiger partial charge in [-0.05, 0) is 23.8 Å². The Balaban J connectivity index is 2.84. The summed E-state index contributed by atoms with van der Waals surface area (Å²) in [6.07, 6.45) is 1.39. The second-order valence-corrected chi connectivity index (χ2v) is 4.14. The van der Waals surface area contributed by atoms with E-state index in [1.54, 1.807) is 12.1 Å². The number of phenols is 1. The maximum atomic E-state index is 10.9. The van der Waals surface area contributed by atoms with Crippen molar-refractivity contribution in [1.82, 2.24) is 0 Å². The summed E-state index contributed by atoms with van der Waals surface area (Å²) in [7, 11) is -2.48. The number of aromatic hydroxyl groups is 1. The van der Waals surface area contributed by atoms with Crippen molar-refractivity contribution in [2.45, 2.75) is 0 Å². The Morgan fingerprint density at radius 2 is 1.86 bits per heavy atom. The largest absolute Gasteiger partial charge is 0.508 e. The van der Waals surface area contributed by atoms with E-state index in [1.807, 2.05) is 0 Å². The van der Waals surface area contributed by atoms with Crippen molar-refractivity contribution in [1.29, 1.82) is 0 Å². The zero-order valence-corrected chi connectivity index (χ0v) is 8.36. The van der Waals surface area contributed by atoms with Gasteiger partial charge in [0.2, 0.25) is 0 Å². The predicted molar refractivity (Wildman–Crippen MR) is 53.1 cm³/mol. The third-order valence-corrected chi connectivity index (χ3v) is 2.49. The van der Waals surface area contributed by atoms with Crippen LogP contribution in [-0.2, 0) is 14.3 Å². The lowest BCUT2D eigenvalue weighted by atomic mass is 10.2. The van der Waals surface area contributed by atoms with Gasteiger partial charge in [0.15, 0.2) is 0 Å². The first-order valence-electron chi connectivity index (χ1n) is 3.81. The van der Waals surface area contributed by atoms with E-state index in [1.165, 1.54) is 18.2 Å². The van der Waals surface area contributed by atoms with Crippen LogP contribution in [0.1, 0.15) is 5.56 Å². The van der Waals surface area contributed by atoms with Crippen LogP contribution >= 0.6 is 0 Å². The quantitative estimate of drug-likeness (QED) is 0.771. The molecule has 0 heterocycles. The maximum Gasteiger partial charge on any atom is 0.289 e. The fourth-order valence-electron chi connectivity index (χ4n) is 0.803. The zero-order valence-electron chi connectivity index (χ0n) is 7.54. The zero-order chi connectivity index (χ0) is 10.6. The van der Waals surface area contributed by atoms with Gasteiger partial charge < -0.3 is 5.11 Å². The van der Waals surface area contributed by atoms with E-state index >= 15 is 0 Å². The van der Waals surface area contributed by atoms with Crippen LogP contribution in [0.25, 0.3) is 6.08 Å². The number of phenolic OH excluding ortho intramolecular Hbond substituents is 1. The summed E-state index contributed by atoms with van der Waals surface area (Å²) in [5.41, 5.74) is 0.670. The first-order valence-corrected chi connectivity index (χ1v) is 5.28. The Labute approximate surface area is 82.6 Å². The fraction of sp³-hybridized carbons (Fsp3) is 0.111. The van der Waals surface area contributed by atoms with Crippen LogP contribution in [-0.4, -0.2) is 20.6 Å². The molecule has 0 atom stereocenters. The van der Waals surface area contributed by atoms with Crippen molar-refractivity contribution < 1.29 is 17.7 Å². The van der Waals surface area contributed by atoms with E-state index in [9.17, 15) is 8.42 Å². The van der Waals surface area contributed by atoms with E-state index in [0.717, 1.165) is 12.5 Å². The minimum Gasteiger partial charge on any atom is -0.508 e. The van der Waals surface area contributed by atoms with Crippen LogP contribution in [0.4, 0.5) is 0 Å². The highest BCUT2D eigenvalue weighted by molar-refractivity contribution is 7.89. The van der Waals surface area contributed by atoms with Crippen molar-refractivity contribution in [3.8, 4) is 5.75 Å². The molecule has 0 saturated heterocycles. The molecule has 0 fully saturated rings. The SMILES string of the molecule is COS(=O)(=O)C=Cc1ccc(O)cc1. The van der Waals surface area contributed by atoms with Gasteiger partial charge in [-0.15, -0.1) is 0 Å². The molecule has 0 aromatic heterocycles. The lowest BCUT2D eigenvalue weighted by Gasteiger charge is -1.94. The number of hydrogen-bond donors (Lipinski definition) is 1. The molecule has 5 heteroatoms. The molecule has 1 aromatic carbocycles. The molecule has 0 aliphatic heterocycles. The van der Waals surface area contributed by atoms with Crippen LogP contribution in [0.2, 0.25) is 0 Å². The molecule has 0 amide bonds. The van der Waals surface area contributed by atoms with Gasteiger partial charge in [-0.25, -0.2) is 0 Å². The Morgan fingerprint density at radius 3 is 2.36 bits per heavy atom. The summed E-state index contributed by atoms with van der Waals surface area (Å²) in [5.74, 6) is 0.136. The molecule has 4 nitrogen and oxygen atoms in total. The lowest BCUT2D eigenvalue weighted by molar-refractivity contribution is 0.406. The van der Waals surface area contributed by atoms with Gasteiger partial charge in [-0.2, -0.15) is 8.42 Å². The van der Waals surface area contributed by atoms with Crippen LogP contribution in [0.15, 0.2) is 29.7 Å². The van der Waals surface area contributed by atoms with E-state index < -0.39 is 10.1 Å². The number of rotatable bonds is 3. The Bertz CT molecular complexity index is 417. The summed E-state index contributed by atoms with van der Waals surface area (Å²) in [5, 5.41) is 9.92. The molecule has 1 rings (SSSR count). The van der Waals surface area contributed by atoms with Crippen LogP contribution in [0, 0.1) is 0 Å². The van der Waals surface area contributed by atoms with E-state index in [0.29, 0.717) is 5.56 Å². The Morgan fingerprint density at radius 1 is 1.29 bits per heavy atom. The average molecular weight is 214 g/mol. The predicted octanol–water partition coefficient (Wildman–Crippen LogP) is 1.34. The molecule has 0 spiro atoms. The first kappa shape index (κ1) is 10.7. The normalized spacial score (nSPS) is 12.1. The smallest absolute Gasteiger partial charge is 0.289 e. The molecule has 0 aliphatic carbocycles. The van der Waals surface area contributed by atoms with Crippen molar-refractivity contribution >= 4 is 16.2 Å². The summed E-state index contributed by atoms with van der Waals surface area (Å²) in [6, 6.07) is 6.13. The van der Waals surface area contributed by atoms with Gasteiger partial charge in [-0.1, -0.05) is 12.1 Å². The molecule has 14 heavy (non-hydrogen) atoms. The molecule has 76 valence electrons. The average Bonchev–Trinajstić information content (AvgIpc) is 2.17. The first-order chi connectivity index (χ1) is 6.53. The molecule has 1 aromatic rings. The van der Waals surface area contributed by atoms with Crippen molar-refractivity contribution in [2.75, 3.05) is 7.11 Å². The van der Waals surface area contributed by atoms with Crippen LogP contribution < -0.4 is 0 Å². The molecular weight excluding hydrogens is 204 g/mol. The van der Waals surface area contributed by atoms with Gasteiger partial charge in [0.05, 0.1) is 12.5 Å². The van der Waals surface area contributed by atoms with Crippen molar-refractivity contribution in [3.05, 3.63) is 35.2 Å². The summed E-state index contributed by atoms with van der Waals surface area (Å²) in [6.45, 7) is 0. The summed E-state index contributed by atoms with van der Waals surface area (Å²) in [4.78, 5) is 0. The molecule has 0 bridgehead atoms. The van der Waals surface area contributed by atoms with Gasteiger partial charge in [0.1, 0.15) is 5.75 Å². The summed E-state index contributed by atoms with van der Waals surface area (Å²) >= 11 is 0. The molecule has 0 saturated carbocycles. The number of hydrogen-bond acceptors (Lipinski definition) is 4. The minimum absolute atomic E-state index is 0.136. The second kappa shape index (κ2) is 4.26. The molecular formula is C9H10O4S. The van der Waals surface area contributed by atoms with Crippen LogP contribution in [0.3, 0.4) is 0 Å². The summed E-state index contributed by atoms with van der Waals surface area (Å²) < 4.78 is 26.0. The van der Waals surface area contributed by atoms with Gasteiger partial charge >= 0.3 is 0 Å². The van der Waals surface area contributed by atoms with Crippen molar-refractivity contribution in [3.63, 3.8) is 0 Å². The molecule has 0 unspecified atom stereocenters. The highest BCUT2D eigenvalue weighted by Crippen LogP contribution is 2.11. The van der Waals surface area contributed by atoms with Crippen LogP contribution in [0.5, 0.6) is 5.75 Å². The number of benzene rings is 1. The Kier molecular flexibility index (Phi) is 3.27.